The van der Waals surface area contributed by atoms with Gasteiger partial charge in [0.05, 0.1) is 6.61 Å². The van der Waals surface area contributed by atoms with Crippen LogP contribution in [0.15, 0.2) is 30.3 Å². The molecular formula is C16H21NO4. The van der Waals surface area contributed by atoms with E-state index in [9.17, 15) is 14.7 Å². The van der Waals surface area contributed by atoms with Gasteiger partial charge in [0.25, 0.3) is 5.91 Å². The molecule has 5 heteroatoms. The molecule has 1 aliphatic rings. The van der Waals surface area contributed by atoms with Crippen molar-refractivity contribution >= 4 is 11.9 Å². The molecule has 0 aromatic heterocycles. The second-order valence-corrected chi connectivity index (χ2v) is 5.32. The lowest BCUT2D eigenvalue weighted by molar-refractivity contribution is -0.157. The number of hydrogen-bond donors (Lipinski definition) is 1. The third-order valence-electron chi connectivity index (χ3n) is 3.76. The number of piperidine rings is 1. The summed E-state index contributed by atoms with van der Waals surface area (Å²) < 4.78 is 5.59. The fraction of sp³-hybridized carbons (Fsp3) is 0.500. The van der Waals surface area contributed by atoms with Crippen LogP contribution in [0.2, 0.25) is 0 Å². The van der Waals surface area contributed by atoms with E-state index in [1.54, 1.807) is 6.92 Å². The van der Waals surface area contributed by atoms with Gasteiger partial charge in [-0.3, -0.25) is 4.79 Å². The van der Waals surface area contributed by atoms with Crippen LogP contribution in [0.4, 0.5) is 0 Å². The first-order valence-corrected chi connectivity index (χ1v) is 7.28. The largest absolute Gasteiger partial charge is 0.480 e. The van der Waals surface area contributed by atoms with E-state index in [0.717, 1.165) is 18.4 Å². The topological polar surface area (TPSA) is 66.8 Å². The van der Waals surface area contributed by atoms with E-state index in [0.29, 0.717) is 19.6 Å². The number of carbonyl (C=O) groups is 2. The summed E-state index contributed by atoms with van der Waals surface area (Å²) in [6, 6.07) is 8.89. The van der Waals surface area contributed by atoms with Crippen LogP contribution in [0.25, 0.3) is 0 Å². The highest BCUT2D eigenvalue weighted by Gasteiger charge is 2.34. The molecule has 2 atom stereocenters. The lowest BCUT2D eigenvalue weighted by Crippen LogP contribution is -2.51. The Morgan fingerprint density at radius 1 is 1.33 bits per heavy atom. The molecule has 1 heterocycles. The van der Waals surface area contributed by atoms with Gasteiger partial charge >= 0.3 is 5.97 Å². The van der Waals surface area contributed by atoms with E-state index in [1.807, 2.05) is 30.3 Å². The van der Waals surface area contributed by atoms with Gasteiger partial charge in [0.1, 0.15) is 12.1 Å². The van der Waals surface area contributed by atoms with E-state index in [4.69, 9.17) is 4.74 Å². The van der Waals surface area contributed by atoms with Gasteiger partial charge < -0.3 is 14.7 Å². The molecule has 1 aliphatic heterocycles. The van der Waals surface area contributed by atoms with Crippen molar-refractivity contribution in [1.29, 1.82) is 0 Å². The van der Waals surface area contributed by atoms with Gasteiger partial charge in [-0.1, -0.05) is 30.3 Å². The number of ether oxygens (including phenoxy) is 1. The fourth-order valence-corrected chi connectivity index (χ4v) is 2.55. The SMILES string of the molecule is C[C@@H](OCc1ccccc1)C(=O)N1CCCC[C@@H]1C(=O)O. The monoisotopic (exact) mass is 291 g/mol. The van der Waals surface area contributed by atoms with Crippen LogP contribution in [0.5, 0.6) is 0 Å². The predicted molar refractivity (Wildman–Crippen MR) is 77.7 cm³/mol. The summed E-state index contributed by atoms with van der Waals surface area (Å²) >= 11 is 0. The summed E-state index contributed by atoms with van der Waals surface area (Å²) in [5.41, 5.74) is 0.991. The Kier molecular flexibility index (Phi) is 5.33. The van der Waals surface area contributed by atoms with Gasteiger partial charge in [-0.05, 0) is 31.7 Å². The number of rotatable bonds is 5. The first-order valence-electron chi connectivity index (χ1n) is 7.28. The molecule has 1 N–H and O–H groups in total. The number of nitrogens with zero attached hydrogens (tertiary/aromatic N) is 1. The van der Waals surface area contributed by atoms with Gasteiger partial charge in [0.2, 0.25) is 0 Å². The van der Waals surface area contributed by atoms with Crippen molar-refractivity contribution in [2.75, 3.05) is 6.54 Å². The van der Waals surface area contributed by atoms with Crippen molar-refractivity contribution in [3.8, 4) is 0 Å². The molecule has 114 valence electrons. The molecule has 1 aromatic rings. The zero-order valence-electron chi connectivity index (χ0n) is 12.2. The molecular weight excluding hydrogens is 270 g/mol. The Balaban J connectivity index is 1.93. The minimum absolute atomic E-state index is 0.238. The number of hydrogen-bond acceptors (Lipinski definition) is 3. The highest BCUT2D eigenvalue weighted by Crippen LogP contribution is 2.19. The minimum atomic E-state index is -0.932. The van der Waals surface area contributed by atoms with Crippen molar-refractivity contribution in [2.45, 2.75) is 44.9 Å². The molecule has 21 heavy (non-hydrogen) atoms. The van der Waals surface area contributed by atoms with E-state index < -0.39 is 18.1 Å². The van der Waals surface area contributed by atoms with Crippen molar-refractivity contribution in [2.24, 2.45) is 0 Å². The summed E-state index contributed by atoms with van der Waals surface area (Å²) in [6.07, 6.45) is 1.58. The molecule has 1 fully saturated rings. The number of carbonyl (C=O) groups excluding carboxylic acids is 1. The Morgan fingerprint density at radius 3 is 2.71 bits per heavy atom. The predicted octanol–water partition coefficient (Wildman–Crippen LogP) is 2.06. The lowest BCUT2D eigenvalue weighted by Gasteiger charge is -2.34. The van der Waals surface area contributed by atoms with Gasteiger partial charge in [0.15, 0.2) is 0 Å². The first-order chi connectivity index (χ1) is 10.1. The molecule has 1 aromatic carbocycles. The van der Waals surface area contributed by atoms with E-state index in [-0.39, 0.29) is 5.91 Å². The van der Waals surface area contributed by atoms with Crippen LogP contribution in [-0.2, 0) is 20.9 Å². The zero-order chi connectivity index (χ0) is 15.2. The fourth-order valence-electron chi connectivity index (χ4n) is 2.55. The highest BCUT2D eigenvalue weighted by molar-refractivity contribution is 5.86. The van der Waals surface area contributed by atoms with E-state index in [2.05, 4.69) is 0 Å². The standard InChI is InChI=1S/C16H21NO4/c1-12(21-11-13-7-3-2-4-8-13)15(18)17-10-6-5-9-14(17)16(19)20/h2-4,7-8,12,14H,5-6,9-11H2,1H3,(H,19,20)/t12-,14-/m1/s1. The van der Waals surface area contributed by atoms with Gasteiger partial charge in [0, 0.05) is 6.54 Å². The number of carboxylic acids is 1. The molecule has 0 aliphatic carbocycles. The normalized spacial score (nSPS) is 20.0. The van der Waals surface area contributed by atoms with Crippen LogP contribution in [0, 0.1) is 0 Å². The average molecular weight is 291 g/mol. The Morgan fingerprint density at radius 2 is 2.05 bits per heavy atom. The third kappa shape index (κ3) is 4.04. The van der Waals surface area contributed by atoms with Crippen molar-refractivity contribution in [3.05, 3.63) is 35.9 Å². The summed E-state index contributed by atoms with van der Waals surface area (Å²) in [7, 11) is 0. The van der Waals surface area contributed by atoms with Crippen molar-refractivity contribution in [1.82, 2.24) is 4.90 Å². The number of benzene rings is 1. The molecule has 0 unspecified atom stereocenters. The van der Waals surface area contributed by atoms with Crippen molar-refractivity contribution < 1.29 is 19.4 Å². The molecule has 0 spiro atoms. The Labute approximate surface area is 124 Å². The molecule has 0 bridgehead atoms. The minimum Gasteiger partial charge on any atom is -0.480 e. The summed E-state index contributed by atoms with van der Waals surface area (Å²) in [4.78, 5) is 25.1. The molecule has 5 nitrogen and oxygen atoms in total. The summed E-state index contributed by atoms with van der Waals surface area (Å²) in [5, 5.41) is 9.21. The Bertz CT molecular complexity index is 488. The molecule has 1 saturated heterocycles. The molecule has 0 saturated carbocycles. The van der Waals surface area contributed by atoms with E-state index >= 15 is 0 Å². The van der Waals surface area contributed by atoms with Crippen LogP contribution in [0.1, 0.15) is 31.7 Å². The van der Waals surface area contributed by atoms with Gasteiger partial charge in [-0.2, -0.15) is 0 Å². The maximum atomic E-state index is 12.4. The summed E-state index contributed by atoms with van der Waals surface area (Å²) in [6.45, 7) is 2.52. The van der Waals surface area contributed by atoms with Crippen LogP contribution in [0.3, 0.4) is 0 Å². The number of aliphatic carboxylic acids is 1. The smallest absolute Gasteiger partial charge is 0.326 e. The van der Waals surface area contributed by atoms with Crippen LogP contribution < -0.4 is 0 Å². The Hall–Kier alpha value is -1.88. The second-order valence-electron chi connectivity index (χ2n) is 5.32. The average Bonchev–Trinajstić information content (AvgIpc) is 2.52. The number of amides is 1. The third-order valence-corrected chi connectivity index (χ3v) is 3.76. The summed E-state index contributed by atoms with van der Waals surface area (Å²) in [5.74, 6) is -1.17. The van der Waals surface area contributed by atoms with Crippen LogP contribution >= 0.6 is 0 Å². The first kappa shape index (κ1) is 15.5. The highest BCUT2D eigenvalue weighted by atomic mass is 16.5. The quantitative estimate of drug-likeness (QED) is 0.901. The second kappa shape index (κ2) is 7.22. The number of carboxylic acid groups (broad SMARTS) is 1. The van der Waals surface area contributed by atoms with Crippen molar-refractivity contribution in [3.63, 3.8) is 0 Å². The van der Waals surface area contributed by atoms with Gasteiger partial charge in [-0.15, -0.1) is 0 Å². The maximum Gasteiger partial charge on any atom is 0.326 e. The molecule has 1 amide bonds. The lowest BCUT2D eigenvalue weighted by atomic mass is 10.0. The van der Waals surface area contributed by atoms with Crippen LogP contribution in [-0.4, -0.2) is 40.6 Å². The molecule has 2 rings (SSSR count). The van der Waals surface area contributed by atoms with E-state index in [1.165, 1.54) is 4.90 Å². The number of likely N-dealkylation sites (tertiary alicyclic amines) is 1. The maximum absolute atomic E-state index is 12.4. The molecule has 0 radical (unpaired) electrons. The zero-order valence-corrected chi connectivity index (χ0v) is 12.2. The van der Waals surface area contributed by atoms with Gasteiger partial charge in [-0.25, -0.2) is 4.79 Å².